The van der Waals surface area contributed by atoms with Crippen LogP contribution in [0.1, 0.15) is 11.1 Å². The van der Waals surface area contributed by atoms with Gasteiger partial charge >= 0.3 is 6.16 Å². The Labute approximate surface area is 189 Å². The van der Waals surface area contributed by atoms with Crippen molar-refractivity contribution in [3.63, 3.8) is 0 Å². The van der Waals surface area contributed by atoms with Gasteiger partial charge in [0.25, 0.3) is 0 Å². The van der Waals surface area contributed by atoms with Crippen molar-refractivity contribution in [3.8, 4) is 0 Å². The highest BCUT2D eigenvalue weighted by Crippen LogP contribution is 2.30. The van der Waals surface area contributed by atoms with Crippen LogP contribution in [0, 0.1) is 58.2 Å². The van der Waals surface area contributed by atoms with Gasteiger partial charge in [-0.2, -0.15) is 0 Å². The third-order valence-electron chi connectivity index (χ3n) is 4.70. The van der Waals surface area contributed by atoms with Crippen LogP contribution in [0.4, 0.5) is 48.7 Å². The van der Waals surface area contributed by atoms with Crippen molar-refractivity contribution in [1.29, 1.82) is 0 Å². The number of hydrogen-bond acceptors (Lipinski definition) is 3. The maximum absolute atomic E-state index is 14.2. The molecule has 34 heavy (non-hydrogen) atoms. The molecule has 0 aromatic heterocycles. The van der Waals surface area contributed by atoms with Crippen LogP contribution in [0.3, 0.4) is 0 Å². The first kappa shape index (κ1) is 27.5. The fraction of sp³-hybridized carbons (Fsp3) is 0.316. The van der Waals surface area contributed by atoms with Gasteiger partial charge in [-0.25, -0.2) is 48.7 Å². The molecule has 0 radical (unpaired) electrons. The molecule has 0 aliphatic carbocycles. The van der Waals surface area contributed by atoms with E-state index in [4.69, 9.17) is 11.6 Å². The molecule has 4 nitrogen and oxygen atoms in total. The first-order valence-electron chi connectivity index (χ1n) is 8.95. The van der Waals surface area contributed by atoms with Gasteiger partial charge in [0, 0.05) is 0 Å². The molecule has 15 heteroatoms. The Balaban J connectivity index is 2.54. The van der Waals surface area contributed by atoms with E-state index in [0.29, 0.717) is 0 Å². The molecular weight excluding hydrogens is 516 g/mol. The molecule has 188 valence electrons. The molecule has 0 aliphatic rings. The lowest BCUT2D eigenvalue weighted by Gasteiger charge is -2.35. The topological polar surface area (TPSA) is 35.5 Å². The minimum absolute atomic E-state index is 0.639. The van der Waals surface area contributed by atoms with Crippen molar-refractivity contribution in [2.24, 2.45) is 0 Å². The van der Waals surface area contributed by atoms with E-state index in [9.17, 15) is 48.7 Å². The number of hydrogen-bond donors (Lipinski definition) is 0. The van der Waals surface area contributed by atoms with Crippen molar-refractivity contribution in [2.75, 3.05) is 26.3 Å². The molecule has 0 amide bonds. The standard InChI is InChI=1S/C19H13ClF10NO3/c1-31(2-3-33-19(32)34-6-20,4-7-9(21)13(25)17(29)14(26)10(7)22)5-8-11(23)15(27)18(30)16(28)12(8)24/h2-6H2,1H3/q+1. The lowest BCUT2D eigenvalue weighted by molar-refractivity contribution is -0.936. The van der Waals surface area contributed by atoms with E-state index in [-0.39, 0.29) is 0 Å². The smallest absolute Gasteiger partial charge is 0.428 e. The number of nitrogens with zero attached hydrogens (tertiary/aromatic N) is 1. The molecule has 2 aromatic carbocycles. The van der Waals surface area contributed by atoms with Gasteiger partial charge in [0.15, 0.2) is 52.6 Å². The number of carbonyl (C=O) groups is 1. The molecule has 0 atom stereocenters. The van der Waals surface area contributed by atoms with Gasteiger partial charge in [0.1, 0.15) is 26.2 Å². The monoisotopic (exact) mass is 528 g/mol. The van der Waals surface area contributed by atoms with Crippen LogP contribution in [-0.2, 0) is 22.6 Å². The minimum atomic E-state index is -2.47. The summed E-state index contributed by atoms with van der Waals surface area (Å²) in [6.45, 7) is -3.83. The van der Waals surface area contributed by atoms with E-state index in [0.717, 1.165) is 7.05 Å². The van der Waals surface area contributed by atoms with Crippen LogP contribution in [0.25, 0.3) is 0 Å². The molecule has 0 aliphatic heterocycles. The number of carbonyl (C=O) groups excluding carboxylic acids is 1. The Kier molecular flexibility index (Phi) is 8.64. The lowest BCUT2D eigenvalue weighted by Crippen LogP contribution is -2.46. The van der Waals surface area contributed by atoms with E-state index in [2.05, 4.69) is 9.47 Å². The largest absolute Gasteiger partial charge is 0.509 e. The van der Waals surface area contributed by atoms with E-state index >= 15 is 0 Å². The average Bonchev–Trinajstić information content (AvgIpc) is 2.80. The van der Waals surface area contributed by atoms with Crippen molar-refractivity contribution in [3.05, 3.63) is 69.3 Å². The fourth-order valence-electron chi connectivity index (χ4n) is 2.99. The summed E-state index contributed by atoms with van der Waals surface area (Å²) >= 11 is 5.14. The number of ether oxygens (including phenoxy) is 2. The Morgan fingerprint density at radius 2 is 0.971 bits per heavy atom. The molecule has 2 aromatic rings. The lowest BCUT2D eigenvalue weighted by atomic mass is 10.1. The number of alkyl halides is 1. The van der Waals surface area contributed by atoms with Crippen LogP contribution in [0.15, 0.2) is 0 Å². The molecule has 0 N–H and O–H groups in total. The van der Waals surface area contributed by atoms with Crippen LogP contribution < -0.4 is 0 Å². The fourth-order valence-corrected chi connectivity index (χ4v) is 3.08. The molecule has 0 unspecified atom stereocenters. The number of quaternary nitrogens is 1. The first-order valence-corrected chi connectivity index (χ1v) is 9.48. The Morgan fingerprint density at radius 1 is 0.647 bits per heavy atom. The van der Waals surface area contributed by atoms with E-state index in [1.165, 1.54) is 0 Å². The highest BCUT2D eigenvalue weighted by atomic mass is 35.5. The van der Waals surface area contributed by atoms with Crippen molar-refractivity contribution in [1.82, 2.24) is 0 Å². The molecule has 2 rings (SSSR count). The van der Waals surface area contributed by atoms with Gasteiger partial charge in [0.2, 0.25) is 11.6 Å². The van der Waals surface area contributed by atoms with Gasteiger partial charge in [-0.05, 0) is 0 Å². The SMILES string of the molecule is C[N+](CCOC(=O)OCCl)(Cc1c(F)c(F)c(F)c(F)c1F)Cc1c(F)c(F)c(F)c(F)c1F. The average molecular weight is 529 g/mol. The van der Waals surface area contributed by atoms with Crippen molar-refractivity contribution in [2.45, 2.75) is 13.1 Å². The Morgan fingerprint density at radius 3 is 1.29 bits per heavy atom. The summed E-state index contributed by atoms with van der Waals surface area (Å²) < 4.78 is 145. The number of likely N-dealkylation sites (N-methyl/N-ethyl adjacent to an activating group) is 1. The van der Waals surface area contributed by atoms with Crippen LogP contribution in [-0.4, -0.2) is 36.9 Å². The highest BCUT2D eigenvalue weighted by molar-refractivity contribution is 6.17. The summed E-state index contributed by atoms with van der Waals surface area (Å²) in [7, 11) is 0.923. The zero-order valence-electron chi connectivity index (χ0n) is 16.9. The van der Waals surface area contributed by atoms with Gasteiger partial charge in [-0.3, -0.25) is 0 Å². The molecule has 0 heterocycles. The van der Waals surface area contributed by atoms with E-state index < -0.39 is 112 Å². The summed E-state index contributed by atoms with van der Waals surface area (Å²) in [5.41, 5.74) is -2.88. The van der Waals surface area contributed by atoms with Gasteiger partial charge in [-0.1, -0.05) is 11.6 Å². The zero-order chi connectivity index (χ0) is 26.0. The third-order valence-corrected chi connectivity index (χ3v) is 4.81. The zero-order valence-corrected chi connectivity index (χ0v) is 17.6. The van der Waals surface area contributed by atoms with E-state index in [1.54, 1.807) is 0 Å². The quantitative estimate of drug-likeness (QED) is 0.112. The molecule has 0 saturated heterocycles. The predicted molar refractivity (Wildman–Crippen MR) is 94.1 cm³/mol. The van der Waals surface area contributed by atoms with Crippen molar-refractivity contribution >= 4 is 17.8 Å². The molecule has 0 fully saturated rings. The highest BCUT2D eigenvalue weighted by Gasteiger charge is 2.36. The summed E-state index contributed by atoms with van der Waals surface area (Å²) in [4.78, 5) is 11.3. The minimum Gasteiger partial charge on any atom is -0.428 e. The molecule has 0 saturated carbocycles. The predicted octanol–water partition coefficient (Wildman–Crippen LogP) is 5.57. The summed E-state index contributed by atoms with van der Waals surface area (Å²) in [6.07, 6.45) is -1.35. The Hall–Kier alpha value is -2.74. The summed E-state index contributed by atoms with van der Waals surface area (Å²) in [5.74, 6) is -23.3. The van der Waals surface area contributed by atoms with Crippen molar-refractivity contribution < 1.29 is 62.7 Å². The van der Waals surface area contributed by atoms with Crippen LogP contribution in [0.5, 0.6) is 0 Å². The second-order valence-electron chi connectivity index (χ2n) is 7.11. The van der Waals surface area contributed by atoms with Crippen LogP contribution in [0.2, 0.25) is 0 Å². The Bertz CT molecular complexity index is 985. The summed E-state index contributed by atoms with van der Waals surface area (Å²) in [5, 5.41) is 0. The second-order valence-corrected chi connectivity index (χ2v) is 7.33. The summed E-state index contributed by atoms with van der Waals surface area (Å²) in [6, 6.07) is -0.639. The number of halogens is 11. The van der Waals surface area contributed by atoms with Crippen LogP contribution >= 0.6 is 11.6 Å². The first-order chi connectivity index (χ1) is 15.8. The normalized spacial score (nSPS) is 11.6. The molecular formula is C19H13ClF10NO3+. The van der Waals surface area contributed by atoms with Gasteiger partial charge in [0.05, 0.1) is 18.2 Å². The maximum Gasteiger partial charge on any atom is 0.509 e. The number of rotatable bonds is 8. The van der Waals surface area contributed by atoms with Gasteiger partial charge in [-0.15, -0.1) is 0 Å². The second kappa shape index (κ2) is 10.7. The molecule has 0 bridgehead atoms. The third kappa shape index (κ3) is 5.49. The van der Waals surface area contributed by atoms with Gasteiger partial charge < -0.3 is 14.0 Å². The van der Waals surface area contributed by atoms with E-state index in [1.807, 2.05) is 0 Å². The maximum atomic E-state index is 14.2. The molecule has 0 spiro atoms. The number of benzene rings is 2.